The molecule has 3 rings (SSSR count). The molecule has 0 aliphatic carbocycles. The summed E-state index contributed by atoms with van der Waals surface area (Å²) in [6.45, 7) is 3.13. The average molecular weight is 307 g/mol. The van der Waals surface area contributed by atoms with Crippen molar-refractivity contribution in [2.45, 2.75) is 32.2 Å². The van der Waals surface area contributed by atoms with Crippen molar-refractivity contribution in [3.05, 3.63) is 34.5 Å². The highest BCUT2D eigenvalue weighted by atomic mass is 35.5. The van der Waals surface area contributed by atoms with Gasteiger partial charge in [0.25, 0.3) is 5.91 Å². The molecule has 2 heterocycles. The van der Waals surface area contributed by atoms with Crippen molar-refractivity contribution in [1.82, 2.24) is 4.90 Å². The molecule has 1 atom stereocenters. The maximum atomic E-state index is 12.8. The SMILES string of the molecule is Cc1c(C(=O)N2CCCCC2CN)oc2c(Cl)cccc12. The van der Waals surface area contributed by atoms with Gasteiger partial charge in [-0.15, -0.1) is 0 Å². The van der Waals surface area contributed by atoms with Crippen LogP contribution in [0.25, 0.3) is 11.0 Å². The Morgan fingerprint density at radius 2 is 2.29 bits per heavy atom. The number of nitrogens with zero attached hydrogens (tertiary/aromatic N) is 1. The molecule has 5 heteroatoms. The fourth-order valence-electron chi connectivity index (χ4n) is 3.06. The van der Waals surface area contributed by atoms with Crippen LogP contribution in [0.4, 0.5) is 0 Å². The minimum absolute atomic E-state index is 0.0742. The number of benzene rings is 1. The van der Waals surface area contributed by atoms with E-state index in [-0.39, 0.29) is 11.9 Å². The minimum Gasteiger partial charge on any atom is -0.449 e. The Hall–Kier alpha value is -1.52. The number of fused-ring (bicyclic) bond motifs is 1. The summed E-state index contributed by atoms with van der Waals surface area (Å²) in [5, 5.41) is 1.43. The molecular formula is C16H19ClN2O2. The first-order valence-electron chi connectivity index (χ1n) is 7.32. The van der Waals surface area contributed by atoms with Crippen LogP contribution in [0, 0.1) is 6.92 Å². The molecule has 2 N–H and O–H groups in total. The minimum atomic E-state index is -0.0742. The van der Waals surface area contributed by atoms with E-state index in [2.05, 4.69) is 0 Å². The average Bonchev–Trinajstić information content (AvgIpc) is 2.85. The number of hydrogen-bond donors (Lipinski definition) is 1. The van der Waals surface area contributed by atoms with Crippen LogP contribution in [0.3, 0.4) is 0 Å². The van der Waals surface area contributed by atoms with Crippen molar-refractivity contribution < 1.29 is 9.21 Å². The molecule has 1 aromatic heterocycles. The van der Waals surface area contributed by atoms with Gasteiger partial charge < -0.3 is 15.1 Å². The summed E-state index contributed by atoms with van der Waals surface area (Å²) in [6.07, 6.45) is 3.10. The highest BCUT2D eigenvalue weighted by molar-refractivity contribution is 6.35. The number of rotatable bonds is 2. The fraction of sp³-hybridized carbons (Fsp3) is 0.438. The molecule has 1 aliphatic rings. The van der Waals surface area contributed by atoms with Gasteiger partial charge in [-0.1, -0.05) is 23.7 Å². The summed E-state index contributed by atoms with van der Waals surface area (Å²) in [4.78, 5) is 14.7. The lowest BCUT2D eigenvalue weighted by atomic mass is 10.0. The molecule has 1 fully saturated rings. The zero-order valence-electron chi connectivity index (χ0n) is 12.1. The van der Waals surface area contributed by atoms with Gasteiger partial charge in [-0.2, -0.15) is 0 Å². The molecule has 0 spiro atoms. The maximum Gasteiger partial charge on any atom is 0.290 e. The summed E-state index contributed by atoms with van der Waals surface area (Å²) in [7, 11) is 0. The predicted octanol–water partition coefficient (Wildman–Crippen LogP) is 3.35. The van der Waals surface area contributed by atoms with Crippen LogP contribution in [0.2, 0.25) is 5.02 Å². The molecule has 21 heavy (non-hydrogen) atoms. The number of carbonyl (C=O) groups excluding carboxylic acids is 1. The van der Waals surface area contributed by atoms with Crippen LogP contribution in [-0.4, -0.2) is 29.9 Å². The van der Waals surface area contributed by atoms with Crippen molar-refractivity contribution in [1.29, 1.82) is 0 Å². The number of aryl methyl sites for hydroxylation is 1. The van der Waals surface area contributed by atoms with E-state index < -0.39 is 0 Å². The number of likely N-dealkylation sites (tertiary alicyclic amines) is 1. The smallest absolute Gasteiger partial charge is 0.290 e. The summed E-state index contributed by atoms with van der Waals surface area (Å²) in [5.74, 6) is 0.313. The van der Waals surface area contributed by atoms with Crippen LogP contribution >= 0.6 is 11.6 Å². The number of amides is 1. The van der Waals surface area contributed by atoms with E-state index >= 15 is 0 Å². The van der Waals surface area contributed by atoms with E-state index in [1.165, 1.54) is 0 Å². The van der Waals surface area contributed by atoms with E-state index in [0.717, 1.165) is 36.8 Å². The van der Waals surface area contributed by atoms with Gasteiger partial charge in [-0.25, -0.2) is 0 Å². The number of hydrogen-bond acceptors (Lipinski definition) is 3. The monoisotopic (exact) mass is 306 g/mol. The number of para-hydroxylation sites is 1. The lowest BCUT2D eigenvalue weighted by Crippen LogP contribution is -2.47. The molecule has 0 radical (unpaired) electrons. The second-order valence-corrected chi connectivity index (χ2v) is 5.96. The van der Waals surface area contributed by atoms with Crippen LogP contribution in [-0.2, 0) is 0 Å². The Balaban J connectivity index is 2.01. The highest BCUT2D eigenvalue weighted by Gasteiger charge is 2.30. The summed E-state index contributed by atoms with van der Waals surface area (Å²) in [6, 6.07) is 5.66. The van der Waals surface area contributed by atoms with Crippen LogP contribution in [0.15, 0.2) is 22.6 Å². The molecule has 0 bridgehead atoms. The standard InChI is InChI=1S/C16H19ClN2O2/c1-10-12-6-4-7-13(17)15(12)21-14(10)16(20)19-8-3-2-5-11(19)9-18/h4,6-7,11H,2-3,5,8-9,18H2,1H3. The first-order valence-corrected chi connectivity index (χ1v) is 7.70. The third-order valence-electron chi connectivity index (χ3n) is 4.27. The van der Waals surface area contributed by atoms with Crippen LogP contribution in [0.5, 0.6) is 0 Å². The van der Waals surface area contributed by atoms with Crippen molar-refractivity contribution in [3.63, 3.8) is 0 Å². The predicted molar refractivity (Wildman–Crippen MR) is 83.7 cm³/mol. The molecule has 1 aromatic carbocycles. The Morgan fingerprint density at radius 1 is 1.48 bits per heavy atom. The number of carbonyl (C=O) groups is 1. The number of furan rings is 1. The summed E-state index contributed by atoms with van der Waals surface area (Å²) >= 11 is 6.15. The molecule has 4 nitrogen and oxygen atoms in total. The van der Waals surface area contributed by atoms with Gasteiger partial charge in [0.05, 0.1) is 5.02 Å². The van der Waals surface area contributed by atoms with Gasteiger partial charge >= 0.3 is 0 Å². The van der Waals surface area contributed by atoms with Gasteiger partial charge in [0.15, 0.2) is 11.3 Å². The molecule has 1 saturated heterocycles. The van der Waals surface area contributed by atoms with E-state index in [4.69, 9.17) is 21.8 Å². The topological polar surface area (TPSA) is 59.5 Å². The second-order valence-electron chi connectivity index (χ2n) is 5.56. The molecule has 1 unspecified atom stereocenters. The van der Waals surface area contributed by atoms with Gasteiger partial charge in [0, 0.05) is 30.1 Å². The largest absolute Gasteiger partial charge is 0.449 e. The first-order chi connectivity index (χ1) is 10.1. The Labute approximate surface area is 128 Å². The maximum absolute atomic E-state index is 12.8. The zero-order valence-corrected chi connectivity index (χ0v) is 12.8. The number of nitrogens with two attached hydrogens (primary N) is 1. The van der Waals surface area contributed by atoms with Crippen molar-refractivity contribution in [2.24, 2.45) is 5.73 Å². The lowest BCUT2D eigenvalue weighted by Gasteiger charge is -2.34. The third kappa shape index (κ3) is 2.43. The second kappa shape index (κ2) is 5.70. The quantitative estimate of drug-likeness (QED) is 0.925. The van der Waals surface area contributed by atoms with E-state index in [1.807, 2.05) is 24.0 Å². The van der Waals surface area contributed by atoms with Gasteiger partial charge in [-0.3, -0.25) is 4.79 Å². The zero-order chi connectivity index (χ0) is 15.0. The normalized spacial score (nSPS) is 19.2. The third-order valence-corrected chi connectivity index (χ3v) is 4.57. The van der Waals surface area contributed by atoms with Crippen LogP contribution in [0.1, 0.15) is 35.4 Å². The molecule has 1 amide bonds. The van der Waals surface area contributed by atoms with Crippen molar-refractivity contribution in [2.75, 3.05) is 13.1 Å². The molecular weight excluding hydrogens is 288 g/mol. The summed E-state index contributed by atoms with van der Waals surface area (Å²) < 4.78 is 5.77. The van der Waals surface area contributed by atoms with Gasteiger partial charge in [0.1, 0.15) is 0 Å². The molecule has 1 aliphatic heterocycles. The van der Waals surface area contributed by atoms with Crippen molar-refractivity contribution >= 4 is 28.5 Å². The first kappa shape index (κ1) is 14.4. The van der Waals surface area contributed by atoms with Gasteiger partial charge in [-0.05, 0) is 32.3 Å². The fourth-order valence-corrected chi connectivity index (χ4v) is 3.27. The Morgan fingerprint density at radius 3 is 3.00 bits per heavy atom. The number of halogens is 1. The Bertz CT molecular complexity index is 680. The van der Waals surface area contributed by atoms with Gasteiger partial charge in [0.2, 0.25) is 0 Å². The van der Waals surface area contributed by atoms with E-state index in [1.54, 1.807) is 6.07 Å². The molecule has 2 aromatic rings. The van der Waals surface area contributed by atoms with Crippen molar-refractivity contribution in [3.8, 4) is 0 Å². The van der Waals surface area contributed by atoms with Crippen LogP contribution < -0.4 is 5.73 Å². The number of piperidine rings is 1. The Kier molecular flexibility index (Phi) is 3.91. The van der Waals surface area contributed by atoms with E-state index in [9.17, 15) is 4.79 Å². The highest BCUT2D eigenvalue weighted by Crippen LogP contribution is 2.32. The summed E-state index contributed by atoms with van der Waals surface area (Å²) in [5.41, 5.74) is 7.23. The molecule has 0 saturated carbocycles. The van der Waals surface area contributed by atoms with E-state index in [0.29, 0.717) is 22.9 Å². The lowest BCUT2D eigenvalue weighted by molar-refractivity contribution is 0.0592. The molecule has 112 valence electrons.